The lowest BCUT2D eigenvalue weighted by molar-refractivity contribution is -0.0389. The number of ether oxygens (including phenoxy) is 2. The summed E-state index contributed by atoms with van der Waals surface area (Å²) in [5.41, 5.74) is -0.276. The van der Waals surface area contributed by atoms with Crippen LogP contribution in [0.15, 0.2) is 18.5 Å². The molecule has 1 atom stereocenters. The monoisotopic (exact) mass is 211 g/mol. The summed E-state index contributed by atoms with van der Waals surface area (Å²) in [7, 11) is 3.14. The lowest BCUT2D eigenvalue weighted by atomic mass is 9.93. The maximum absolute atomic E-state index is 10.3. The molecule has 4 nitrogen and oxygen atoms in total. The number of pyridine rings is 1. The van der Waals surface area contributed by atoms with E-state index in [1.54, 1.807) is 32.7 Å². The van der Waals surface area contributed by atoms with E-state index in [1.807, 2.05) is 6.92 Å². The standard InChI is InChI=1S/C11H17NO3/c1-4-11(13,8-14-2)9-5-10(15-3)7-12-6-9/h5-7,13H,4,8H2,1-3H3. The molecule has 1 rings (SSSR count). The number of hydrogen-bond donors (Lipinski definition) is 1. The number of aromatic nitrogens is 1. The van der Waals surface area contributed by atoms with Gasteiger partial charge in [-0.2, -0.15) is 0 Å². The number of rotatable bonds is 5. The van der Waals surface area contributed by atoms with E-state index in [2.05, 4.69) is 4.98 Å². The molecular formula is C11H17NO3. The number of nitrogens with zero attached hydrogens (tertiary/aromatic N) is 1. The Balaban J connectivity index is 3.00. The van der Waals surface area contributed by atoms with Crippen LogP contribution in [-0.4, -0.2) is 30.9 Å². The van der Waals surface area contributed by atoms with Gasteiger partial charge in [0.1, 0.15) is 11.4 Å². The van der Waals surface area contributed by atoms with E-state index in [0.717, 1.165) is 0 Å². The van der Waals surface area contributed by atoms with Crippen molar-refractivity contribution in [3.63, 3.8) is 0 Å². The number of hydrogen-bond acceptors (Lipinski definition) is 4. The molecule has 0 bridgehead atoms. The molecule has 0 aromatic carbocycles. The molecule has 0 spiro atoms. The van der Waals surface area contributed by atoms with E-state index in [1.165, 1.54) is 0 Å². The minimum absolute atomic E-state index is 0.248. The third-order valence-electron chi connectivity index (χ3n) is 2.45. The van der Waals surface area contributed by atoms with E-state index in [-0.39, 0.29) is 6.61 Å². The molecule has 0 saturated heterocycles. The van der Waals surface area contributed by atoms with Crippen LogP contribution < -0.4 is 4.74 Å². The minimum Gasteiger partial charge on any atom is -0.495 e. The van der Waals surface area contributed by atoms with Crippen molar-refractivity contribution in [2.45, 2.75) is 18.9 Å². The molecule has 1 N–H and O–H groups in total. The fourth-order valence-electron chi connectivity index (χ4n) is 1.41. The second kappa shape index (κ2) is 5.09. The lowest BCUT2D eigenvalue weighted by Gasteiger charge is -2.26. The van der Waals surface area contributed by atoms with Crippen molar-refractivity contribution in [1.82, 2.24) is 4.98 Å². The molecule has 15 heavy (non-hydrogen) atoms. The van der Waals surface area contributed by atoms with Crippen LogP contribution in [0.2, 0.25) is 0 Å². The van der Waals surface area contributed by atoms with Gasteiger partial charge in [0.2, 0.25) is 0 Å². The molecule has 1 unspecified atom stereocenters. The van der Waals surface area contributed by atoms with Crippen molar-refractivity contribution in [3.8, 4) is 5.75 Å². The molecule has 84 valence electrons. The molecule has 1 aromatic heterocycles. The maximum atomic E-state index is 10.3. The Morgan fingerprint density at radius 1 is 1.40 bits per heavy atom. The molecule has 0 saturated carbocycles. The van der Waals surface area contributed by atoms with Gasteiger partial charge in [-0.15, -0.1) is 0 Å². The van der Waals surface area contributed by atoms with Crippen molar-refractivity contribution in [3.05, 3.63) is 24.0 Å². The molecule has 0 fully saturated rings. The fraction of sp³-hybridized carbons (Fsp3) is 0.545. The van der Waals surface area contributed by atoms with Crippen molar-refractivity contribution in [2.75, 3.05) is 20.8 Å². The normalized spacial score (nSPS) is 14.7. The molecule has 1 aromatic rings. The first-order valence-corrected chi connectivity index (χ1v) is 4.87. The summed E-state index contributed by atoms with van der Waals surface area (Å²) in [4.78, 5) is 4.01. The first-order chi connectivity index (χ1) is 7.16. The number of methoxy groups -OCH3 is 2. The first-order valence-electron chi connectivity index (χ1n) is 4.87. The van der Waals surface area contributed by atoms with Crippen LogP contribution in [-0.2, 0) is 10.3 Å². The average Bonchev–Trinajstić information content (AvgIpc) is 2.29. The molecule has 0 amide bonds. The first kappa shape index (κ1) is 11.9. The van der Waals surface area contributed by atoms with Crippen molar-refractivity contribution < 1.29 is 14.6 Å². The highest BCUT2D eigenvalue weighted by Gasteiger charge is 2.27. The Hall–Kier alpha value is -1.13. The fourth-order valence-corrected chi connectivity index (χ4v) is 1.41. The molecule has 4 heteroatoms. The Morgan fingerprint density at radius 3 is 2.67 bits per heavy atom. The van der Waals surface area contributed by atoms with Gasteiger partial charge in [0.05, 0.1) is 19.9 Å². The SMILES string of the molecule is CCC(O)(COC)c1cncc(OC)c1. The maximum Gasteiger partial charge on any atom is 0.137 e. The van der Waals surface area contributed by atoms with Crippen LogP contribution >= 0.6 is 0 Å². The predicted octanol–water partition coefficient (Wildman–Crippen LogP) is 1.33. The van der Waals surface area contributed by atoms with Crippen LogP contribution in [0.4, 0.5) is 0 Å². The highest BCUT2D eigenvalue weighted by atomic mass is 16.5. The van der Waals surface area contributed by atoms with Gasteiger partial charge in [0, 0.05) is 18.9 Å². The van der Waals surface area contributed by atoms with Gasteiger partial charge >= 0.3 is 0 Å². The Labute approximate surface area is 89.9 Å². The summed E-state index contributed by atoms with van der Waals surface area (Å²) in [6.45, 7) is 2.15. The molecule has 0 radical (unpaired) electrons. The lowest BCUT2D eigenvalue weighted by Crippen LogP contribution is -2.30. The van der Waals surface area contributed by atoms with Gasteiger partial charge in [-0.25, -0.2) is 0 Å². The van der Waals surface area contributed by atoms with Crippen molar-refractivity contribution in [1.29, 1.82) is 0 Å². The molecule has 0 aliphatic carbocycles. The highest BCUT2D eigenvalue weighted by Crippen LogP contribution is 2.26. The minimum atomic E-state index is -0.990. The van der Waals surface area contributed by atoms with Crippen LogP contribution in [0.1, 0.15) is 18.9 Å². The third kappa shape index (κ3) is 2.67. The molecular weight excluding hydrogens is 194 g/mol. The van der Waals surface area contributed by atoms with Crippen LogP contribution in [0.3, 0.4) is 0 Å². The van der Waals surface area contributed by atoms with Gasteiger partial charge in [-0.1, -0.05) is 6.92 Å². The summed E-state index contributed by atoms with van der Waals surface area (Å²) in [5.74, 6) is 0.635. The Kier molecular flexibility index (Phi) is 4.05. The van der Waals surface area contributed by atoms with Gasteiger partial charge in [-0.3, -0.25) is 4.98 Å². The largest absolute Gasteiger partial charge is 0.495 e. The van der Waals surface area contributed by atoms with Gasteiger partial charge in [0.25, 0.3) is 0 Å². The van der Waals surface area contributed by atoms with Crippen LogP contribution in [0.5, 0.6) is 5.75 Å². The topological polar surface area (TPSA) is 51.6 Å². The van der Waals surface area contributed by atoms with Crippen molar-refractivity contribution >= 4 is 0 Å². The summed E-state index contributed by atoms with van der Waals surface area (Å²) >= 11 is 0. The second-order valence-electron chi connectivity index (χ2n) is 3.43. The van der Waals surface area contributed by atoms with Gasteiger partial charge in [0.15, 0.2) is 0 Å². The third-order valence-corrected chi connectivity index (χ3v) is 2.45. The van der Waals surface area contributed by atoms with Crippen LogP contribution in [0, 0.1) is 0 Å². The Morgan fingerprint density at radius 2 is 2.13 bits per heavy atom. The average molecular weight is 211 g/mol. The molecule has 1 heterocycles. The van der Waals surface area contributed by atoms with E-state index < -0.39 is 5.60 Å². The smallest absolute Gasteiger partial charge is 0.137 e. The highest BCUT2D eigenvalue weighted by molar-refractivity contribution is 5.28. The molecule has 0 aliphatic heterocycles. The summed E-state index contributed by atoms with van der Waals surface area (Å²) < 4.78 is 10.1. The Bertz CT molecular complexity index is 316. The van der Waals surface area contributed by atoms with E-state index in [9.17, 15) is 5.11 Å². The van der Waals surface area contributed by atoms with Crippen molar-refractivity contribution in [2.24, 2.45) is 0 Å². The summed E-state index contributed by atoms with van der Waals surface area (Å²) in [6, 6.07) is 1.77. The van der Waals surface area contributed by atoms with Gasteiger partial charge in [-0.05, 0) is 12.5 Å². The quantitative estimate of drug-likeness (QED) is 0.798. The zero-order chi connectivity index (χ0) is 11.3. The zero-order valence-electron chi connectivity index (χ0n) is 9.36. The second-order valence-corrected chi connectivity index (χ2v) is 3.43. The van der Waals surface area contributed by atoms with E-state index in [0.29, 0.717) is 17.7 Å². The number of aliphatic hydroxyl groups is 1. The van der Waals surface area contributed by atoms with Crippen LogP contribution in [0.25, 0.3) is 0 Å². The zero-order valence-corrected chi connectivity index (χ0v) is 9.36. The van der Waals surface area contributed by atoms with E-state index in [4.69, 9.17) is 9.47 Å². The summed E-state index contributed by atoms with van der Waals surface area (Å²) in [5, 5.41) is 10.3. The summed E-state index contributed by atoms with van der Waals surface area (Å²) in [6.07, 6.45) is 3.80. The predicted molar refractivity (Wildman–Crippen MR) is 56.9 cm³/mol. The van der Waals surface area contributed by atoms with E-state index >= 15 is 0 Å². The molecule has 0 aliphatic rings. The van der Waals surface area contributed by atoms with Gasteiger partial charge < -0.3 is 14.6 Å².